The van der Waals surface area contributed by atoms with Crippen molar-refractivity contribution >= 4 is 0 Å². The molecular formula is C14H21N3O. The van der Waals surface area contributed by atoms with Crippen LogP contribution in [0.3, 0.4) is 0 Å². The van der Waals surface area contributed by atoms with E-state index in [1.165, 1.54) is 11.3 Å². The monoisotopic (exact) mass is 247 g/mol. The molecule has 0 bridgehead atoms. The average molecular weight is 247 g/mol. The van der Waals surface area contributed by atoms with Crippen molar-refractivity contribution in [2.75, 3.05) is 6.54 Å². The molecule has 0 saturated heterocycles. The molecule has 0 aromatic carbocycles. The maximum Gasteiger partial charge on any atom is 0.117 e. The van der Waals surface area contributed by atoms with Gasteiger partial charge in [0.2, 0.25) is 0 Å². The first-order chi connectivity index (χ1) is 8.68. The topological polar surface area (TPSA) is 43.0 Å². The van der Waals surface area contributed by atoms with Crippen LogP contribution in [0.5, 0.6) is 0 Å². The Balaban J connectivity index is 1.72. The molecule has 0 aliphatic carbocycles. The van der Waals surface area contributed by atoms with Crippen LogP contribution < -0.4 is 5.32 Å². The van der Waals surface area contributed by atoms with E-state index in [-0.39, 0.29) is 0 Å². The van der Waals surface area contributed by atoms with E-state index < -0.39 is 0 Å². The highest BCUT2D eigenvalue weighted by Gasteiger charge is 2.08. The fourth-order valence-corrected chi connectivity index (χ4v) is 2.19. The molecule has 2 rings (SSSR count). The molecule has 18 heavy (non-hydrogen) atoms. The van der Waals surface area contributed by atoms with Crippen LogP contribution in [-0.2, 0) is 20.0 Å². The van der Waals surface area contributed by atoms with Crippen molar-refractivity contribution in [3.8, 4) is 0 Å². The third-order valence-corrected chi connectivity index (χ3v) is 3.32. The lowest BCUT2D eigenvalue weighted by Crippen LogP contribution is -2.15. The van der Waals surface area contributed by atoms with E-state index in [0.717, 1.165) is 37.4 Å². The van der Waals surface area contributed by atoms with Gasteiger partial charge in [0, 0.05) is 12.7 Å². The summed E-state index contributed by atoms with van der Waals surface area (Å²) in [6.45, 7) is 6.01. The molecular weight excluding hydrogens is 226 g/mol. The van der Waals surface area contributed by atoms with E-state index in [2.05, 4.69) is 24.3 Å². The highest BCUT2D eigenvalue weighted by Crippen LogP contribution is 2.13. The van der Waals surface area contributed by atoms with Gasteiger partial charge in [-0.05, 0) is 50.9 Å². The van der Waals surface area contributed by atoms with Gasteiger partial charge in [0.25, 0.3) is 0 Å². The third kappa shape index (κ3) is 3.01. The van der Waals surface area contributed by atoms with Crippen LogP contribution in [0.25, 0.3) is 0 Å². The van der Waals surface area contributed by atoms with Gasteiger partial charge in [-0.1, -0.05) is 0 Å². The second kappa shape index (κ2) is 5.87. The Kier molecular flexibility index (Phi) is 4.20. The molecule has 0 unspecified atom stereocenters. The van der Waals surface area contributed by atoms with Crippen LogP contribution in [0.4, 0.5) is 0 Å². The van der Waals surface area contributed by atoms with Gasteiger partial charge < -0.3 is 9.73 Å². The Morgan fingerprint density at radius 3 is 2.83 bits per heavy atom. The van der Waals surface area contributed by atoms with E-state index >= 15 is 0 Å². The summed E-state index contributed by atoms with van der Waals surface area (Å²) in [5.74, 6) is 0.990. The predicted octanol–water partition coefficient (Wildman–Crippen LogP) is 2.35. The molecule has 98 valence electrons. The molecule has 0 fully saturated rings. The van der Waals surface area contributed by atoms with Crippen LogP contribution in [-0.4, -0.2) is 16.3 Å². The molecule has 0 saturated carbocycles. The predicted molar refractivity (Wildman–Crippen MR) is 71.4 cm³/mol. The van der Waals surface area contributed by atoms with Gasteiger partial charge in [0.15, 0.2) is 0 Å². The van der Waals surface area contributed by atoms with Gasteiger partial charge in [0.1, 0.15) is 5.76 Å². The number of nitrogens with zero attached hydrogens (tertiary/aromatic N) is 2. The van der Waals surface area contributed by atoms with Gasteiger partial charge in [-0.25, -0.2) is 0 Å². The Hall–Kier alpha value is -1.55. The molecule has 0 aliphatic rings. The molecule has 4 heteroatoms. The smallest absolute Gasteiger partial charge is 0.117 e. The highest BCUT2D eigenvalue weighted by atomic mass is 16.3. The minimum Gasteiger partial charge on any atom is -0.468 e. The maximum atomic E-state index is 5.26. The lowest BCUT2D eigenvalue weighted by Gasteiger charge is -2.04. The van der Waals surface area contributed by atoms with Gasteiger partial charge in [-0.3, -0.25) is 4.68 Å². The van der Waals surface area contributed by atoms with Crippen LogP contribution in [0.2, 0.25) is 0 Å². The zero-order valence-corrected chi connectivity index (χ0v) is 11.4. The maximum absolute atomic E-state index is 5.26. The van der Waals surface area contributed by atoms with E-state index in [1.54, 1.807) is 6.26 Å². The molecule has 2 aromatic rings. The van der Waals surface area contributed by atoms with Crippen molar-refractivity contribution in [2.45, 2.75) is 33.2 Å². The van der Waals surface area contributed by atoms with Crippen LogP contribution in [0.1, 0.15) is 29.1 Å². The van der Waals surface area contributed by atoms with Crippen LogP contribution in [0, 0.1) is 13.8 Å². The Morgan fingerprint density at radius 1 is 1.39 bits per heavy atom. The first-order valence-electron chi connectivity index (χ1n) is 6.40. The number of hydrogen-bond acceptors (Lipinski definition) is 3. The molecule has 4 nitrogen and oxygen atoms in total. The number of aryl methyl sites for hydroxylation is 2. The van der Waals surface area contributed by atoms with E-state index in [0.29, 0.717) is 0 Å². The summed E-state index contributed by atoms with van der Waals surface area (Å²) in [4.78, 5) is 0. The van der Waals surface area contributed by atoms with Crippen molar-refractivity contribution in [1.82, 2.24) is 15.1 Å². The number of nitrogens with one attached hydrogen (secondary N) is 1. The third-order valence-electron chi connectivity index (χ3n) is 3.32. The largest absolute Gasteiger partial charge is 0.468 e. The van der Waals surface area contributed by atoms with Crippen molar-refractivity contribution in [3.05, 3.63) is 41.1 Å². The molecule has 1 N–H and O–H groups in total. The normalized spacial score (nSPS) is 11.1. The van der Waals surface area contributed by atoms with Gasteiger partial charge in [-0.2, -0.15) is 5.10 Å². The minimum atomic E-state index is 0.804. The quantitative estimate of drug-likeness (QED) is 0.797. The number of hydrogen-bond donors (Lipinski definition) is 1. The minimum absolute atomic E-state index is 0.804. The van der Waals surface area contributed by atoms with E-state index in [4.69, 9.17) is 4.42 Å². The Labute approximate surface area is 108 Å². The van der Waals surface area contributed by atoms with Gasteiger partial charge >= 0.3 is 0 Å². The van der Waals surface area contributed by atoms with E-state index in [9.17, 15) is 0 Å². The zero-order valence-electron chi connectivity index (χ0n) is 11.4. The van der Waals surface area contributed by atoms with E-state index in [1.807, 2.05) is 23.9 Å². The second-order valence-electron chi connectivity index (χ2n) is 4.63. The van der Waals surface area contributed by atoms with Gasteiger partial charge in [-0.15, -0.1) is 0 Å². The summed E-state index contributed by atoms with van der Waals surface area (Å²) in [6.07, 6.45) is 3.91. The first kappa shape index (κ1) is 12.9. The molecule has 0 spiro atoms. The van der Waals surface area contributed by atoms with Crippen molar-refractivity contribution in [2.24, 2.45) is 7.05 Å². The summed E-state index contributed by atoms with van der Waals surface area (Å²) < 4.78 is 7.22. The summed E-state index contributed by atoms with van der Waals surface area (Å²) in [5.41, 5.74) is 3.82. The fraction of sp³-hybridized carbons (Fsp3) is 0.500. The van der Waals surface area contributed by atoms with Crippen molar-refractivity contribution < 1.29 is 4.42 Å². The lowest BCUT2D eigenvalue weighted by molar-refractivity contribution is 0.481. The molecule has 0 amide bonds. The molecule has 0 aliphatic heterocycles. The SMILES string of the molecule is Cc1nn(C)c(C)c1CCCNCc1ccco1. The standard InChI is InChI=1S/C14H21N3O/c1-11-14(12(2)17(3)16-11)7-4-8-15-10-13-6-5-9-18-13/h5-6,9,15H,4,7-8,10H2,1-3H3. The Morgan fingerprint density at radius 2 is 2.22 bits per heavy atom. The molecule has 0 radical (unpaired) electrons. The summed E-state index contributed by atoms with van der Waals surface area (Å²) in [6, 6.07) is 3.90. The molecule has 2 heterocycles. The second-order valence-corrected chi connectivity index (χ2v) is 4.63. The number of furan rings is 1. The summed E-state index contributed by atoms with van der Waals surface area (Å²) in [7, 11) is 2.00. The highest BCUT2D eigenvalue weighted by molar-refractivity contribution is 5.24. The van der Waals surface area contributed by atoms with Crippen molar-refractivity contribution in [1.29, 1.82) is 0 Å². The van der Waals surface area contributed by atoms with Crippen molar-refractivity contribution in [3.63, 3.8) is 0 Å². The summed E-state index contributed by atoms with van der Waals surface area (Å²) >= 11 is 0. The fourth-order valence-electron chi connectivity index (χ4n) is 2.19. The molecule has 2 aromatic heterocycles. The summed E-state index contributed by atoms with van der Waals surface area (Å²) in [5, 5.41) is 7.81. The number of aromatic nitrogens is 2. The first-order valence-corrected chi connectivity index (χ1v) is 6.40. The lowest BCUT2D eigenvalue weighted by atomic mass is 10.1. The van der Waals surface area contributed by atoms with Crippen LogP contribution >= 0.6 is 0 Å². The average Bonchev–Trinajstić information content (AvgIpc) is 2.92. The number of rotatable bonds is 6. The van der Waals surface area contributed by atoms with Crippen LogP contribution in [0.15, 0.2) is 22.8 Å². The zero-order chi connectivity index (χ0) is 13.0. The Bertz CT molecular complexity index is 485. The van der Waals surface area contributed by atoms with Gasteiger partial charge in [0.05, 0.1) is 18.5 Å². The molecule has 0 atom stereocenters.